The van der Waals surface area contributed by atoms with Gasteiger partial charge in [0.25, 0.3) is 0 Å². The van der Waals surface area contributed by atoms with E-state index in [-0.39, 0.29) is 0 Å². The van der Waals surface area contributed by atoms with Gasteiger partial charge in [-0.1, -0.05) is 6.92 Å². The normalized spacial score (nSPS) is 21.0. The summed E-state index contributed by atoms with van der Waals surface area (Å²) in [5, 5.41) is 6.95. The maximum Gasteiger partial charge on any atom is 0.0299 e. The van der Waals surface area contributed by atoms with Crippen LogP contribution in [0.15, 0.2) is 12.1 Å². The molecule has 2 nitrogen and oxygen atoms in total. The molecule has 1 saturated heterocycles. The highest BCUT2D eigenvalue weighted by Crippen LogP contribution is 2.16. The highest BCUT2D eigenvalue weighted by molar-refractivity contribution is 7.11. The van der Waals surface area contributed by atoms with Gasteiger partial charge in [-0.05, 0) is 50.5 Å². The standard InChI is InChI=1S/C12H20N2S/c1-2-11-3-4-12(15-11)9-14-8-10-5-6-13-7-10/h3-4,10,13-14H,2,5-9H2,1H3. The molecule has 1 aromatic heterocycles. The Morgan fingerprint density at radius 3 is 3.00 bits per heavy atom. The third-order valence-electron chi connectivity index (χ3n) is 2.96. The van der Waals surface area contributed by atoms with Crippen LogP contribution in [0.3, 0.4) is 0 Å². The summed E-state index contributed by atoms with van der Waals surface area (Å²) in [5.41, 5.74) is 0. The maximum atomic E-state index is 3.55. The molecular weight excluding hydrogens is 204 g/mol. The second-order valence-corrected chi connectivity index (χ2v) is 5.46. The molecule has 0 radical (unpaired) electrons. The lowest BCUT2D eigenvalue weighted by atomic mass is 10.1. The summed E-state index contributed by atoms with van der Waals surface area (Å²) in [4.78, 5) is 2.96. The van der Waals surface area contributed by atoms with Gasteiger partial charge >= 0.3 is 0 Å². The summed E-state index contributed by atoms with van der Waals surface area (Å²) >= 11 is 1.94. The van der Waals surface area contributed by atoms with Gasteiger partial charge in [-0.3, -0.25) is 0 Å². The van der Waals surface area contributed by atoms with E-state index in [0.717, 1.165) is 25.4 Å². The van der Waals surface area contributed by atoms with Gasteiger partial charge in [0.15, 0.2) is 0 Å². The van der Waals surface area contributed by atoms with Crippen LogP contribution in [0.25, 0.3) is 0 Å². The van der Waals surface area contributed by atoms with Crippen molar-refractivity contribution in [3.8, 4) is 0 Å². The second kappa shape index (κ2) is 5.64. The molecule has 2 heterocycles. The summed E-state index contributed by atoms with van der Waals surface area (Å²) < 4.78 is 0. The molecule has 0 aliphatic carbocycles. The van der Waals surface area contributed by atoms with E-state index in [1.165, 1.54) is 29.3 Å². The van der Waals surface area contributed by atoms with Crippen molar-refractivity contribution in [3.63, 3.8) is 0 Å². The first-order valence-electron chi connectivity index (χ1n) is 5.87. The maximum absolute atomic E-state index is 3.55. The Hall–Kier alpha value is -0.380. The van der Waals surface area contributed by atoms with Crippen LogP contribution in [-0.4, -0.2) is 19.6 Å². The second-order valence-electron chi connectivity index (χ2n) is 4.21. The third-order valence-corrected chi connectivity index (χ3v) is 4.19. The van der Waals surface area contributed by atoms with Crippen LogP contribution in [0.5, 0.6) is 0 Å². The molecule has 0 spiro atoms. The molecule has 15 heavy (non-hydrogen) atoms. The van der Waals surface area contributed by atoms with E-state index < -0.39 is 0 Å². The number of thiophene rings is 1. The summed E-state index contributed by atoms with van der Waals surface area (Å²) in [6.07, 6.45) is 2.49. The van der Waals surface area contributed by atoms with E-state index in [1.807, 2.05) is 11.3 Å². The molecule has 84 valence electrons. The number of aryl methyl sites for hydroxylation is 1. The number of nitrogens with one attached hydrogen (secondary N) is 2. The predicted octanol–water partition coefficient (Wildman–Crippen LogP) is 2.01. The fourth-order valence-corrected chi connectivity index (χ4v) is 2.92. The topological polar surface area (TPSA) is 24.1 Å². The van der Waals surface area contributed by atoms with Crippen molar-refractivity contribution in [1.29, 1.82) is 0 Å². The average Bonchev–Trinajstić information content (AvgIpc) is 2.88. The Kier molecular flexibility index (Phi) is 4.18. The van der Waals surface area contributed by atoms with E-state index in [2.05, 4.69) is 29.7 Å². The molecule has 0 saturated carbocycles. The van der Waals surface area contributed by atoms with Crippen molar-refractivity contribution in [1.82, 2.24) is 10.6 Å². The van der Waals surface area contributed by atoms with E-state index in [1.54, 1.807) is 0 Å². The largest absolute Gasteiger partial charge is 0.316 e. The molecule has 1 atom stereocenters. The predicted molar refractivity (Wildman–Crippen MR) is 66.4 cm³/mol. The van der Waals surface area contributed by atoms with Crippen LogP contribution in [-0.2, 0) is 13.0 Å². The molecule has 3 heteroatoms. The van der Waals surface area contributed by atoms with E-state index in [9.17, 15) is 0 Å². The minimum absolute atomic E-state index is 0.843. The third kappa shape index (κ3) is 3.30. The fraction of sp³-hybridized carbons (Fsp3) is 0.667. The van der Waals surface area contributed by atoms with Gasteiger partial charge < -0.3 is 10.6 Å². The van der Waals surface area contributed by atoms with Gasteiger partial charge in [0.2, 0.25) is 0 Å². The summed E-state index contributed by atoms with van der Waals surface area (Å²) in [7, 11) is 0. The van der Waals surface area contributed by atoms with Gasteiger partial charge in [-0.15, -0.1) is 11.3 Å². The highest BCUT2D eigenvalue weighted by Gasteiger charge is 2.13. The smallest absolute Gasteiger partial charge is 0.0299 e. The van der Waals surface area contributed by atoms with Crippen molar-refractivity contribution in [2.24, 2.45) is 5.92 Å². The lowest BCUT2D eigenvalue weighted by Crippen LogP contribution is -2.23. The van der Waals surface area contributed by atoms with Crippen molar-refractivity contribution >= 4 is 11.3 Å². The molecule has 0 amide bonds. The Morgan fingerprint density at radius 1 is 1.47 bits per heavy atom. The minimum Gasteiger partial charge on any atom is -0.316 e. The first kappa shape index (κ1) is 11.1. The Bertz CT molecular complexity index is 290. The zero-order valence-electron chi connectivity index (χ0n) is 9.38. The molecule has 0 bridgehead atoms. The van der Waals surface area contributed by atoms with Crippen LogP contribution in [0.4, 0.5) is 0 Å². The van der Waals surface area contributed by atoms with Crippen molar-refractivity contribution in [2.75, 3.05) is 19.6 Å². The first-order valence-corrected chi connectivity index (χ1v) is 6.69. The zero-order chi connectivity index (χ0) is 10.5. The van der Waals surface area contributed by atoms with Crippen LogP contribution in [0, 0.1) is 5.92 Å². The minimum atomic E-state index is 0.843. The van der Waals surface area contributed by atoms with Gasteiger partial charge in [-0.2, -0.15) is 0 Å². The van der Waals surface area contributed by atoms with Gasteiger partial charge in [-0.25, -0.2) is 0 Å². The Balaban J connectivity index is 1.68. The van der Waals surface area contributed by atoms with Crippen molar-refractivity contribution < 1.29 is 0 Å². The van der Waals surface area contributed by atoms with Gasteiger partial charge in [0.05, 0.1) is 0 Å². The Morgan fingerprint density at radius 2 is 2.33 bits per heavy atom. The molecule has 1 unspecified atom stereocenters. The zero-order valence-corrected chi connectivity index (χ0v) is 10.2. The van der Waals surface area contributed by atoms with Crippen LogP contribution in [0.2, 0.25) is 0 Å². The monoisotopic (exact) mass is 224 g/mol. The summed E-state index contributed by atoms with van der Waals surface area (Å²) in [6, 6.07) is 4.50. The lowest BCUT2D eigenvalue weighted by molar-refractivity contribution is 0.514. The van der Waals surface area contributed by atoms with Gasteiger partial charge in [0.1, 0.15) is 0 Å². The average molecular weight is 224 g/mol. The van der Waals surface area contributed by atoms with E-state index in [4.69, 9.17) is 0 Å². The molecule has 1 aliphatic heterocycles. The Labute approximate surface area is 96.1 Å². The molecular formula is C12H20N2S. The lowest BCUT2D eigenvalue weighted by Gasteiger charge is -2.08. The molecule has 1 aromatic rings. The number of hydrogen-bond donors (Lipinski definition) is 2. The molecule has 2 N–H and O–H groups in total. The summed E-state index contributed by atoms with van der Waals surface area (Å²) in [6.45, 7) is 6.81. The number of rotatable bonds is 5. The SMILES string of the molecule is CCc1ccc(CNCC2CCNC2)s1. The number of hydrogen-bond acceptors (Lipinski definition) is 3. The van der Waals surface area contributed by atoms with Crippen molar-refractivity contribution in [2.45, 2.75) is 26.3 Å². The van der Waals surface area contributed by atoms with Crippen LogP contribution in [0.1, 0.15) is 23.1 Å². The quantitative estimate of drug-likeness (QED) is 0.799. The molecule has 1 aliphatic rings. The van der Waals surface area contributed by atoms with Crippen LogP contribution < -0.4 is 10.6 Å². The highest BCUT2D eigenvalue weighted by atomic mass is 32.1. The van der Waals surface area contributed by atoms with Gasteiger partial charge in [0, 0.05) is 16.3 Å². The fourth-order valence-electron chi connectivity index (χ4n) is 2.00. The first-order chi connectivity index (χ1) is 7.38. The summed E-state index contributed by atoms with van der Waals surface area (Å²) in [5.74, 6) is 0.843. The van der Waals surface area contributed by atoms with E-state index >= 15 is 0 Å². The molecule has 2 rings (SSSR count). The van der Waals surface area contributed by atoms with Crippen molar-refractivity contribution in [3.05, 3.63) is 21.9 Å². The van der Waals surface area contributed by atoms with Crippen LogP contribution >= 0.6 is 11.3 Å². The van der Waals surface area contributed by atoms with E-state index in [0.29, 0.717) is 0 Å². The molecule has 1 fully saturated rings. The molecule has 0 aromatic carbocycles.